The van der Waals surface area contributed by atoms with E-state index in [2.05, 4.69) is 45.2 Å². The summed E-state index contributed by atoms with van der Waals surface area (Å²) in [5.74, 6) is 1.45. The maximum atomic E-state index is 12.3. The fourth-order valence-corrected chi connectivity index (χ4v) is 3.91. The van der Waals surface area contributed by atoms with Crippen LogP contribution in [0.3, 0.4) is 0 Å². The first kappa shape index (κ1) is 17.3. The molecule has 0 amide bonds. The lowest BCUT2D eigenvalue weighted by atomic mass is 9.90. The van der Waals surface area contributed by atoms with Crippen LogP contribution in [-0.2, 0) is 13.0 Å². The number of hydrogen-bond donors (Lipinski definition) is 1. The Hall–Kier alpha value is -2.17. The molecule has 1 fully saturated rings. The largest absolute Gasteiger partial charge is 0.309 e. The molecule has 0 atom stereocenters. The molecule has 0 radical (unpaired) electrons. The van der Waals surface area contributed by atoms with E-state index in [9.17, 15) is 4.79 Å². The summed E-state index contributed by atoms with van der Waals surface area (Å²) in [5, 5.41) is 1.18. The quantitative estimate of drug-likeness (QED) is 0.757. The van der Waals surface area contributed by atoms with Crippen LogP contribution in [0.15, 0.2) is 53.3 Å². The summed E-state index contributed by atoms with van der Waals surface area (Å²) < 4.78 is 0. The zero-order valence-corrected chi connectivity index (χ0v) is 15.4. The van der Waals surface area contributed by atoms with Crippen LogP contribution >= 0.6 is 11.6 Å². The predicted molar refractivity (Wildman–Crippen MR) is 106 cm³/mol. The topological polar surface area (TPSA) is 49.0 Å². The van der Waals surface area contributed by atoms with Gasteiger partial charge in [0.25, 0.3) is 5.56 Å². The number of benzene rings is 2. The Morgan fingerprint density at radius 2 is 1.88 bits per heavy atom. The fraction of sp³-hybridized carbons (Fsp3) is 0.333. The van der Waals surface area contributed by atoms with Gasteiger partial charge >= 0.3 is 0 Å². The number of halogens is 1. The van der Waals surface area contributed by atoms with Crippen molar-refractivity contribution in [3.05, 3.63) is 75.3 Å². The lowest BCUT2D eigenvalue weighted by molar-refractivity contribution is 0.173. The summed E-state index contributed by atoms with van der Waals surface area (Å²) in [6, 6.07) is 15.9. The summed E-state index contributed by atoms with van der Waals surface area (Å²) in [6.07, 6.45) is 3.51. The van der Waals surface area contributed by atoms with E-state index in [1.807, 2.05) is 0 Å². The molecule has 5 heteroatoms. The van der Waals surface area contributed by atoms with Crippen molar-refractivity contribution in [1.29, 1.82) is 0 Å². The number of nitrogens with zero attached hydrogens (tertiary/aromatic N) is 2. The summed E-state index contributed by atoms with van der Waals surface area (Å²) in [4.78, 5) is 22.1. The molecule has 3 aromatic rings. The summed E-state index contributed by atoms with van der Waals surface area (Å²) in [7, 11) is 0. The molecule has 0 aliphatic carbocycles. The Morgan fingerprint density at radius 1 is 1.12 bits per heavy atom. The van der Waals surface area contributed by atoms with E-state index in [1.165, 1.54) is 18.4 Å². The minimum atomic E-state index is -0.0966. The number of nitrogens with one attached hydrogen (secondary N) is 1. The van der Waals surface area contributed by atoms with Gasteiger partial charge in [0, 0.05) is 5.02 Å². The van der Waals surface area contributed by atoms with Crippen molar-refractivity contribution >= 4 is 22.5 Å². The smallest absolute Gasteiger partial charge is 0.258 e. The average Bonchev–Trinajstić information content (AvgIpc) is 2.64. The van der Waals surface area contributed by atoms with Crippen LogP contribution in [0, 0.1) is 5.92 Å². The van der Waals surface area contributed by atoms with Crippen molar-refractivity contribution in [3.8, 4) is 0 Å². The summed E-state index contributed by atoms with van der Waals surface area (Å²) in [6.45, 7) is 2.75. The Labute approximate surface area is 157 Å². The maximum absolute atomic E-state index is 12.3. The van der Waals surface area contributed by atoms with E-state index in [1.54, 1.807) is 18.2 Å². The first-order chi connectivity index (χ1) is 12.7. The van der Waals surface area contributed by atoms with Crippen molar-refractivity contribution in [2.75, 3.05) is 13.1 Å². The zero-order chi connectivity index (χ0) is 17.9. The standard InChI is InChI=1S/C21H22ClN3O/c22-17-6-7-18-19(13-17)23-20(24-21(18)26)14-25-10-8-16(9-11-25)12-15-4-2-1-3-5-15/h1-7,13,16H,8-12,14H2,(H,23,24,26). The van der Waals surface area contributed by atoms with E-state index < -0.39 is 0 Å². The van der Waals surface area contributed by atoms with Gasteiger partial charge in [0.15, 0.2) is 0 Å². The normalized spacial score (nSPS) is 16.2. The van der Waals surface area contributed by atoms with E-state index in [-0.39, 0.29) is 5.56 Å². The van der Waals surface area contributed by atoms with Crippen molar-refractivity contribution in [3.63, 3.8) is 0 Å². The Bertz CT molecular complexity index is 946. The molecule has 4 nitrogen and oxygen atoms in total. The number of hydrogen-bond acceptors (Lipinski definition) is 3. The highest BCUT2D eigenvalue weighted by Gasteiger charge is 2.20. The van der Waals surface area contributed by atoms with Gasteiger partial charge < -0.3 is 4.98 Å². The second kappa shape index (κ2) is 7.60. The Kier molecular flexibility index (Phi) is 5.05. The molecule has 2 heterocycles. The number of aromatic amines is 1. The van der Waals surface area contributed by atoms with Gasteiger partial charge in [-0.05, 0) is 62.0 Å². The molecular weight excluding hydrogens is 346 g/mol. The minimum Gasteiger partial charge on any atom is -0.309 e. The SMILES string of the molecule is O=c1[nH]c(CN2CCC(Cc3ccccc3)CC2)nc2cc(Cl)ccc12. The van der Waals surface area contributed by atoms with Crippen LogP contribution in [0.1, 0.15) is 24.2 Å². The van der Waals surface area contributed by atoms with Gasteiger partial charge in [0.2, 0.25) is 0 Å². The average molecular weight is 368 g/mol. The number of likely N-dealkylation sites (tertiary alicyclic amines) is 1. The zero-order valence-electron chi connectivity index (χ0n) is 14.6. The number of H-pyrrole nitrogens is 1. The number of rotatable bonds is 4. The van der Waals surface area contributed by atoms with E-state index in [4.69, 9.17) is 11.6 Å². The van der Waals surface area contributed by atoms with Crippen LogP contribution in [0.4, 0.5) is 0 Å². The van der Waals surface area contributed by atoms with E-state index in [0.717, 1.165) is 25.4 Å². The molecule has 26 heavy (non-hydrogen) atoms. The van der Waals surface area contributed by atoms with Crippen LogP contribution in [0.25, 0.3) is 10.9 Å². The van der Waals surface area contributed by atoms with Gasteiger partial charge in [-0.15, -0.1) is 0 Å². The third-order valence-electron chi connectivity index (χ3n) is 5.17. The molecule has 1 N–H and O–H groups in total. The van der Waals surface area contributed by atoms with Gasteiger partial charge in [0.05, 0.1) is 17.4 Å². The van der Waals surface area contributed by atoms with Crippen molar-refractivity contribution in [2.24, 2.45) is 5.92 Å². The maximum Gasteiger partial charge on any atom is 0.258 e. The highest BCUT2D eigenvalue weighted by molar-refractivity contribution is 6.31. The first-order valence-electron chi connectivity index (χ1n) is 9.12. The molecule has 134 valence electrons. The number of fused-ring (bicyclic) bond motifs is 1. The van der Waals surface area contributed by atoms with Crippen LogP contribution in [0.5, 0.6) is 0 Å². The van der Waals surface area contributed by atoms with Gasteiger partial charge in [-0.3, -0.25) is 9.69 Å². The van der Waals surface area contributed by atoms with E-state index in [0.29, 0.717) is 28.3 Å². The van der Waals surface area contributed by atoms with Crippen molar-refractivity contribution in [2.45, 2.75) is 25.8 Å². The molecule has 0 unspecified atom stereocenters. The molecule has 1 saturated heterocycles. The molecule has 1 aliphatic rings. The lowest BCUT2D eigenvalue weighted by Crippen LogP contribution is -2.34. The molecule has 1 aromatic heterocycles. The third kappa shape index (κ3) is 3.97. The van der Waals surface area contributed by atoms with Crippen molar-refractivity contribution < 1.29 is 0 Å². The summed E-state index contributed by atoms with van der Waals surface area (Å²) in [5.41, 5.74) is 1.99. The molecule has 2 aromatic carbocycles. The van der Waals surface area contributed by atoms with E-state index >= 15 is 0 Å². The van der Waals surface area contributed by atoms with Gasteiger partial charge in [-0.25, -0.2) is 4.98 Å². The van der Waals surface area contributed by atoms with Gasteiger partial charge in [0.1, 0.15) is 5.82 Å². The highest BCUT2D eigenvalue weighted by Crippen LogP contribution is 2.22. The number of piperidine rings is 1. The molecule has 0 spiro atoms. The summed E-state index contributed by atoms with van der Waals surface area (Å²) >= 11 is 6.04. The predicted octanol–water partition coefficient (Wildman–Crippen LogP) is 4.03. The first-order valence-corrected chi connectivity index (χ1v) is 9.50. The monoisotopic (exact) mass is 367 g/mol. The molecule has 4 rings (SSSR count). The molecule has 1 aliphatic heterocycles. The molecular formula is C21H22ClN3O. The lowest BCUT2D eigenvalue weighted by Gasteiger charge is -2.31. The Morgan fingerprint density at radius 3 is 2.65 bits per heavy atom. The Balaban J connectivity index is 1.40. The number of aromatic nitrogens is 2. The second-order valence-electron chi connectivity index (χ2n) is 7.08. The molecule has 0 bridgehead atoms. The van der Waals surface area contributed by atoms with Crippen LogP contribution in [-0.4, -0.2) is 28.0 Å². The van der Waals surface area contributed by atoms with Gasteiger partial charge in [-0.2, -0.15) is 0 Å². The highest BCUT2D eigenvalue weighted by atomic mass is 35.5. The molecule has 0 saturated carbocycles. The third-order valence-corrected chi connectivity index (χ3v) is 5.40. The minimum absolute atomic E-state index is 0.0966. The van der Waals surface area contributed by atoms with Crippen molar-refractivity contribution in [1.82, 2.24) is 14.9 Å². The van der Waals surface area contributed by atoms with Crippen LogP contribution in [0.2, 0.25) is 5.02 Å². The van der Waals surface area contributed by atoms with Crippen LogP contribution < -0.4 is 5.56 Å². The van der Waals surface area contributed by atoms with Gasteiger partial charge in [-0.1, -0.05) is 41.9 Å². The fourth-order valence-electron chi connectivity index (χ4n) is 3.74. The second-order valence-corrected chi connectivity index (χ2v) is 7.52.